The Balaban J connectivity index is 1.62. The molecule has 2 aliphatic heterocycles. The molecule has 8 nitrogen and oxygen atoms in total. The van der Waals surface area contributed by atoms with Crippen molar-refractivity contribution in [2.24, 2.45) is 0 Å². The Hall–Kier alpha value is -1.29. The molecule has 2 fully saturated rings. The molecular weight excluding hydrogens is 292 g/mol. The second-order valence-electron chi connectivity index (χ2n) is 5.09. The van der Waals surface area contributed by atoms with E-state index in [1.807, 2.05) is 4.90 Å². The van der Waals surface area contributed by atoms with Gasteiger partial charge in [0, 0.05) is 64.8 Å². The van der Waals surface area contributed by atoms with Gasteiger partial charge in [-0.05, 0) is 6.07 Å². The van der Waals surface area contributed by atoms with Crippen molar-refractivity contribution in [2.75, 3.05) is 57.3 Å². The third kappa shape index (κ3) is 3.15. The lowest BCUT2D eigenvalue weighted by molar-refractivity contribution is 0.302. The molecule has 0 atom stereocenters. The standard InChI is InChI=1S/C12H20N6O2S/c19-21(20,17-6-4-13-5-7-17)18-10-8-16(9-11-18)12-14-2-1-3-15-12/h1-3,13H,4-11H2. The van der Waals surface area contributed by atoms with Crippen molar-refractivity contribution < 1.29 is 8.42 Å². The van der Waals surface area contributed by atoms with E-state index in [0.717, 1.165) is 13.1 Å². The molecule has 0 radical (unpaired) electrons. The average Bonchev–Trinajstić information content (AvgIpc) is 2.57. The van der Waals surface area contributed by atoms with Gasteiger partial charge in [-0.15, -0.1) is 0 Å². The molecule has 0 unspecified atom stereocenters. The minimum absolute atomic E-state index is 0.477. The molecule has 0 saturated carbocycles. The largest absolute Gasteiger partial charge is 0.338 e. The van der Waals surface area contributed by atoms with Crippen LogP contribution in [-0.4, -0.2) is 79.4 Å². The molecule has 0 spiro atoms. The van der Waals surface area contributed by atoms with Crippen LogP contribution in [-0.2, 0) is 10.2 Å². The van der Waals surface area contributed by atoms with Crippen molar-refractivity contribution in [2.45, 2.75) is 0 Å². The van der Waals surface area contributed by atoms with Crippen LogP contribution in [0.1, 0.15) is 0 Å². The van der Waals surface area contributed by atoms with E-state index in [9.17, 15) is 8.42 Å². The first kappa shape index (κ1) is 14.6. The molecule has 2 saturated heterocycles. The first-order valence-electron chi connectivity index (χ1n) is 7.16. The predicted octanol–water partition coefficient (Wildman–Crippen LogP) is -1.25. The minimum atomic E-state index is -3.33. The summed E-state index contributed by atoms with van der Waals surface area (Å²) in [5.41, 5.74) is 0. The van der Waals surface area contributed by atoms with E-state index in [0.29, 0.717) is 45.2 Å². The van der Waals surface area contributed by atoms with Crippen LogP contribution in [0.15, 0.2) is 18.5 Å². The Morgan fingerprint density at radius 1 is 0.905 bits per heavy atom. The van der Waals surface area contributed by atoms with Crippen molar-refractivity contribution in [3.63, 3.8) is 0 Å². The summed E-state index contributed by atoms with van der Waals surface area (Å²) in [5.74, 6) is 0.664. The first-order valence-corrected chi connectivity index (χ1v) is 8.55. The number of aromatic nitrogens is 2. The van der Waals surface area contributed by atoms with Crippen molar-refractivity contribution in [1.29, 1.82) is 0 Å². The molecule has 116 valence electrons. The SMILES string of the molecule is O=S(=O)(N1CCNCC1)N1CCN(c2ncccn2)CC1. The van der Waals surface area contributed by atoms with E-state index in [4.69, 9.17) is 0 Å². The van der Waals surface area contributed by atoms with Gasteiger partial charge in [-0.3, -0.25) is 0 Å². The van der Waals surface area contributed by atoms with Gasteiger partial charge >= 0.3 is 0 Å². The highest BCUT2D eigenvalue weighted by molar-refractivity contribution is 7.86. The highest BCUT2D eigenvalue weighted by Crippen LogP contribution is 2.15. The maximum Gasteiger partial charge on any atom is 0.282 e. The number of hydrogen-bond donors (Lipinski definition) is 1. The molecule has 1 aromatic rings. The molecule has 0 aliphatic carbocycles. The van der Waals surface area contributed by atoms with Gasteiger partial charge in [0.05, 0.1) is 0 Å². The van der Waals surface area contributed by atoms with Crippen molar-refractivity contribution in [1.82, 2.24) is 23.9 Å². The van der Waals surface area contributed by atoms with Gasteiger partial charge in [-0.2, -0.15) is 17.0 Å². The number of nitrogens with one attached hydrogen (secondary N) is 1. The summed E-state index contributed by atoms with van der Waals surface area (Å²) in [6, 6.07) is 1.77. The quantitative estimate of drug-likeness (QED) is 0.751. The van der Waals surface area contributed by atoms with Crippen LogP contribution in [0.2, 0.25) is 0 Å². The topological polar surface area (TPSA) is 81.7 Å². The molecule has 9 heteroatoms. The number of nitrogens with zero attached hydrogens (tertiary/aromatic N) is 5. The molecule has 3 rings (SSSR count). The monoisotopic (exact) mass is 312 g/mol. The van der Waals surface area contributed by atoms with E-state index in [2.05, 4.69) is 15.3 Å². The average molecular weight is 312 g/mol. The maximum absolute atomic E-state index is 12.6. The molecule has 1 aromatic heterocycles. The highest BCUT2D eigenvalue weighted by atomic mass is 32.2. The smallest absolute Gasteiger partial charge is 0.282 e. The molecule has 21 heavy (non-hydrogen) atoms. The Labute approximate surface area is 125 Å². The second-order valence-corrected chi connectivity index (χ2v) is 7.02. The number of rotatable bonds is 3. The van der Waals surface area contributed by atoms with Crippen molar-refractivity contribution in [3.05, 3.63) is 18.5 Å². The van der Waals surface area contributed by atoms with Gasteiger partial charge < -0.3 is 10.2 Å². The summed E-state index contributed by atoms with van der Waals surface area (Å²) in [6.07, 6.45) is 3.40. The van der Waals surface area contributed by atoms with E-state index in [1.54, 1.807) is 27.1 Å². The van der Waals surface area contributed by atoms with Crippen molar-refractivity contribution in [3.8, 4) is 0 Å². The Kier molecular flexibility index (Phi) is 4.34. The summed E-state index contributed by atoms with van der Waals surface area (Å²) in [6.45, 7) is 4.72. The third-order valence-electron chi connectivity index (χ3n) is 3.80. The molecule has 3 heterocycles. The Bertz CT molecular complexity index is 552. The summed E-state index contributed by atoms with van der Waals surface area (Å²) in [5, 5.41) is 3.17. The fourth-order valence-electron chi connectivity index (χ4n) is 2.61. The zero-order valence-electron chi connectivity index (χ0n) is 11.8. The minimum Gasteiger partial charge on any atom is -0.338 e. The van der Waals surface area contributed by atoms with E-state index in [-0.39, 0.29) is 0 Å². The van der Waals surface area contributed by atoms with E-state index >= 15 is 0 Å². The fraction of sp³-hybridized carbons (Fsp3) is 0.667. The molecular formula is C12H20N6O2S. The zero-order chi connectivity index (χ0) is 14.7. The van der Waals surface area contributed by atoms with Gasteiger partial charge in [0.25, 0.3) is 10.2 Å². The van der Waals surface area contributed by atoms with Crippen LogP contribution in [0, 0.1) is 0 Å². The van der Waals surface area contributed by atoms with Crippen LogP contribution in [0.25, 0.3) is 0 Å². The summed E-state index contributed by atoms with van der Waals surface area (Å²) in [4.78, 5) is 10.4. The Morgan fingerprint density at radius 3 is 2.10 bits per heavy atom. The van der Waals surface area contributed by atoms with Crippen molar-refractivity contribution >= 4 is 16.2 Å². The number of anilines is 1. The van der Waals surface area contributed by atoms with Gasteiger partial charge in [0.15, 0.2) is 0 Å². The van der Waals surface area contributed by atoms with Gasteiger partial charge in [-0.1, -0.05) is 0 Å². The van der Waals surface area contributed by atoms with Crippen LogP contribution in [0.4, 0.5) is 5.95 Å². The summed E-state index contributed by atoms with van der Waals surface area (Å²) < 4.78 is 28.3. The zero-order valence-corrected chi connectivity index (χ0v) is 12.7. The lowest BCUT2D eigenvalue weighted by Gasteiger charge is -2.37. The number of hydrogen-bond acceptors (Lipinski definition) is 6. The first-order chi connectivity index (χ1) is 10.2. The van der Waals surface area contributed by atoms with Crippen LogP contribution >= 0.6 is 0 Å². The van der Waals surface area contributed by atoms with Crippen LogP contribution in [0.3, 0.4) is 0 Å². The normalized spacial score (nSPS) is 22.4. The van der Waals surface area contributed by atoms with Gasteiger partial charge in [0.1, 0.15) is 0 Å². The summed E-state index contributed by atoms with van der Waals surface area (Å²) >= 11 is 0. The second kappa shape index (κ2) is 6.22. The van der Waals surface area contributed by atoms with Crippen LogP contribution < -0.4 is 10.2 Å². The van der Waals surface area contributed by atoms with Gasteiger partial charge in [-0.25, -0.2) is 9.97 Å². The molecule has 0 bridgehead atoms. The van der Waals surface area contributed by atoms with Gasteiger partial charge in [0.2, 0.25) is 5.95 Å². The molecule has 0 aromatic carbocycles. The number of piperazine rings is 2. The predicted molar refractivity (Wildman–Crippen MR) is 79.2 cm³/mol. The highest BCUT2D eigenvalue weighted by Gasteiger charge is 2.33. The lowest BCUT2D eigenvalue weighted by Crippen LogP contribution is -2.56. The Morgan fingerprint density at radius 2 is 1.48 bits per heavy atom. The van der Waals surface area contributed by atoms with E-state index < -0.39 is 10.2 Å². The molecule has 1 N–H and O–H groups in total. The van der Waals surface area contributed by atoms with Crippen LogP contribution in [0.5, 0.6) is 0 Å². The lowest BCUT2D eigenvalue weighted by atomic mass is 10.4. The van der Waals surface area contributed by atoms with E-state index in [1.165, 1.54) is 0 Å². The fourth-order valence-corrected chi connectivity index (χ4v) is 4.21. The maximum atomic E-state index is 12.6. The molecule has 0 amide bonds. The third-order valence-corrected chi connectivity index (χ3v) is 5.84. The summed E-state index contributed by atoms with van der Waals surface area (Å²) in [7, 11) is -3.33. The molecule has 2 aliphatic rings.